The van der Waals surface area contributed by atoms with Crippen LogP contribution in [0.2, 0.25) is 0 Å². The number of allylic oxidation sites excluding steroid dienone is 2. The van der Waals surface area contributed by atoms with E-state index >= 15 is 0 Å². The second-order valence-corrected chi connectivity index (χ2v) is 20.2. The number of oxazole rings is 2. The lowest BCUT2D eigenvalue weighted by molar-refractivity contribution is -0.298. The number of carbonyl (C=O) groups is 1. The molecular weight excluding hydrogens is 964 g/mol. The minimum atomic E-state index is -1.19. The van der Waals surface area contributed by atoms with Gasteiger partial charge in [-0.25, -0.2) is 14.8 Å². The van der Waals surface area contributed by atoms with Crippen LogP contribution < -0.4 is 0 Å². The summed E-state index contributed by atoms with van der Waals surface area (Å²) in [7, 11) is 4.88. The van der Waals surface area contributed by atoms with E-state index in [1.54, 1.807) is 44.9 Å². The first-order chi connectivity index (χ1) is 33.7. The largest absolute Gasteiger partial charge is 0.458 e. The summed E-state index contributed by atoms with van der Waals surface area (Å²) in [4.78, 5) is 25.0. The Morgan fingerprint density at radius 3 is 2.54 bits per heavy atom. The Kier molecular flexibility index (Phi) is 19.5. The molecule has 2 aromatic rings. The molecule has 384 valence electrons. The standard InChI is InChI=1S/C54H73BrN2O13/c1-32(17-18-39(61-6)13-11-19-55)22-45(59)48-27-43(62-7)28-54(63-8,70-48)29-50-56-37(30-64-50)23-34(3)52-36(5)53-35(4)46(68-52)14-10-15-49-57-44(31-65-49)47-25-38(58)24-42(67-47)26-41-21-33(2)20-40(66-41)12-9-16-51(60)69-53/h9-11,15-19,22-23,30-31,35-36,38-43,45-48,52-53,58-59H,2,12-14,20-21,24-29H2,1,3-8H3/b15-10+,16-9-,18-17+,19-11+,32-22+,34-23+/t35-,36+,38-,39+,40+,41-,42+,43+,45-,46-,47-,48+,52+,53-,54-/m0/s1. The molecule has 7 rings (SSSR count). The first-order valence-electron chi connectivity index (χ1n) is 24.7. The Bertz CT molecular complexity index is 2230. The van der Waals surface area contributed by atoms with Gasteiger partial charge in [0, 0.05) is 64.9 Å². The van der Waals surface area contributed by atoms with Crippen molar-refractivity contribution in [1.29, 1.82) is 0 Å². The Labute approximate surface area is 421 Å². The molecule has 2 N–H and O–H groups in total. The van der Waals surface area contributed by atoms with Crippen molar-refractivity contribution in [3.8, 4) is 0 Å². The van der Waals surface area contributed by atoms with Crippen LogP contribution in [0.4, 0.5) is 0 Å². The summed E-state index contributed by atoms with van der Waals surface area (Å²) in [6.45, 7) is 12.3. The van der Waals surface area contributed by atoms with E-state index < -0.39 is 48.4 Å². The van der Waals surface area contributed by atoms with Crippen LogP contribution in [0.15, 0.2) is 92.2 Å². The average Bonchev–Trinajstić information content (AvgIpc) is 3.99. The van der Waals surface area contributed by atoms with Gasteiger partial charge in [-0.2, -0.15) is 0 Å². The minimum Gasteiger partial charge on any atom is -0.458 e. The van der Waals surface area contributed by atoms with E-state index in [0.29, 0.717) is 87.4 Å². The van der Waals surface area contributed by atoms with Crippen LogP contribution in [0.5, 0.6) is 0 Å². The number of methoxy groups -OCH3 is 3. The van der Waals surface area contributed by atoms with Gasteiger partial charge < -0.3 is 56.9 Å². The summed E-state index contributed by atoms with van der Waals surface area (Å²) in [5.74, 6) is -1.21. The Hall–Kier alpha value is -3.81. The molecule has 0 unspecified atom stereocenters. The van der Waals surface area contributed by atoms with Crippen molar-refractivity contribution in [3.63, 3.8) is 0 Å². The van der Waals surface area contributed by atoms with Gasteiger partial charge in [0.05, 0.1) is 67.5 Å². The second-order valence-electron chi connectivity index (χ2n) is 19.7. The summed E-state index contributed by atoms with van der Waals surface area (Å²) in [5.41, 5.74) is 4.02. The van der Waals surface area contributed by atoms with E-state index in [4.69, 9.17) is 56.7 Å². The molecule has 0 radical (unpaired) electrons. The van der Waals surface area contributed by atoms with Gasteiger partial charge in [-0.05, 0) is 75.1 Å². The van der Waals surface area contributed by atoms with Gasteiger partial charge in [0.2, 0.25) is 5.89 Å². The van der Waals surface area contributed by atoms with Crippen LogP contribution >= 0.6 is 15.9 Å². The van der Waals surface area contributed by atoms with Crippen molar-refractivity contribution in [2.75, 3.05) is 21.3 Å². The van der Waals surface area contributed by atoms with Crippen LogP contribution in [0, 0.1) is 11.8 Å². The van der Waals surface area contributed by atoms with Crippen molar-refractivity contribution in [2.45, 2.75) is 177 Å². The Morgan fingerprint density at radius 1 is 0.971 bits per heavy atom. The third-order valence-corrected chi connectivity index (χ3v) is 14.6. The van der Waals surface area contributed by atoms with Crippen LogP contribution in [0.3, 0.4) is 0 Å². The van der Waals surface area contributed by atoms with Gasteiger partial charge in [-0.1, -0.05) is 84.0 Å². The second kappa shape index (κ2) is 25.2. The highest BCUT2D eigenvalue weighted by Gasteiger charge is 2.46. The number of hydrogen-bond acceptors (Lipinski definition) is 15. The molecule has 0 amide bonds. The fraction of sp³-hybridized carbons (Fsp3) is 0.611. The number of aliphatic hydroxyl groups is 2. The zero-order valence-electron chi connectivity index (χ0n) is 41.7. The molecule has 0 saturated carbocycles. The summed E-state index contributed by atoms with van der Waals surface area (Å²) in [5, 5.41) is 22.3. The van der Waals surface area contributed by atoms with E-state index in [0.717, 1.165) is 16.7 Å². The summed E-state index contributed by atoms with van der Waals surface area (Å²) in [6, 6.07) is 0. The first kappa shape index (κ1) is 54.0. The smallest absolute Gasteiger partial charge is 0.330 e. The zero-order chi connectivity index (χ0) is 50.0. The molecule has 0 aliphatic carbocycles. The topological polar surface area (TPSA) is 183 Å². The molecule has 15 atom stereocenters. The van der Waals surface area contributed by atoms with Crippen molar-refractivity contribution < 1.29 is 61.7 Å². The highest BCUT2D eigenvalue weighted by Crippen LogP contribution is 2.40. The predicted octanol–water partition coefficient (Wildman–Crippen LogP) is 9.41. The highest BCUT2D eigenvalue weighted by atomic mass is 79.9. The number of halogens is 1. The molecular formula is C54H73BrN2O13. The van der Waals surface area contributed by atoms with Crippen LogP contribution in [0.25, 0.3) is 12.2 Å². The molecule has 15 nitrogen and oxygen atoms in total. The van der Waals surface area contributed by atoms with Crippen molar-refractivity contribution >= 4 is 34.1 Å². The van der Waals surface area contributed by atoms with Crippen LogP contribution in [0.1, 0.15) is 121 Å². The molecule has 5 aliphatic rings. The van der Waals surface area contributed by atoms with Crippen molar-refractivity contribution in [2.24, 2.45) is 11.8 Å². The molecule has 7 heterocycles. The van der Waals surface area contributed by atoms with Crippen molar-refractivity contribution in [3.05, 3.63) is 107 Å². The summed E-state index contributed by atoms with van der Waals surface area (Å²) >= 11 is 3.30. The lowest BCUT2D eigenvalue weighted by Crippen LogP contribution is -2.52. The molecule has 70 heavy (non-hydrogen) atoms. The fourth-order valence-corrected chi connectivity index (χ4v) is 10.8. The third kappa shape index (κ3) is 14.4. The van der Waals surface area contributed by atoms with E-state index in [-0.39, 0.29) is 54.9 Å². The SMILES string of the molecule is C=C1C[C@H]2C/C=C\C(=O)O[C@H]3[C@@H](C)[C@H](C/C=C/c4nc(co4)[C@@H]4C[C@@H](O)C[C@H](C[C@H](C1)O2)O4)O[C@H](/C(C)=C/c1coc(C[C@]2(OC)C[C@H](OC)C[C@H]([C@@H](O)/C=C(C)/C=C/[C@@H](C/C=C/Br)OC)O2)n1)[C@H]3C. The van der Waals surface area contributed by atoms with E-state index in [9.17, 15) is 15.0 Å². The number of aromatic nitrogens is 2. The molecule has 0 spiro atoms. The quantitative estimate of drug-likeness (QED) is 0.110. The molecule has 0 aromatic carbocycles. The van der Waals surface area contributed by atoms with Crippen molar-refractivity contribution in [1.82, 2.24) is 9.97 Å². The number of ether oxygens (including phenoxy) is 8. The zero-order valence-corrected chi connectivity index (χ0v) is 43.2. The maximum atomic E-state index is 13.6. The van der Waals surface area contributed by atoms with Gasteiger partial charge in [0.25, 0.3) is 0 Å². The number of esters is 1. The molecule has 8 bridgehead atoms. The minimum absolute atomic E-state index is 0.107. The maximum Gasteiger partial charge on any atom is 0.330 e. The van der Waals surface area contributed by atoms with Gasteiger partial charge in [-0.3, -0.25) is 0 Å². The Morgan fingerprint density at radius 2 is 1.77 bits per heavy atom. The van der Waals surface area contributed by atoms with Gasteiger partial charge in [0.15, 0.2) is 11.7 Å². The molecule has 4 saturated heterocycles. The summed E-state index contributed by atoms with van der Waals surface area (Å²) < 4.78 is 62.1. The number of carbonyl (C=O) groups excluding carboxylic acids is 1. The number of hydrogen-bond donors (Lipinski definition) is 2. The Balaban J connectivity index is 1.07. The van der Waals surface area contributed by atoms with Gasteiger partial charge in [0.1, 0.15) is 36.1 Å². The van der Waals surface area contributed by atoms with E-state index in [1.807, 2.05) is 70.2 Å². The van der Waals surface area contributed by atoms with Crippen LogP contribution in [-0.2, 0) is 49.1 Å². The van der Waals surface area contributed by atoms with Crippen LogP contribution in [-0.4, -0.2) is 120 Å². The van der Waals surface area contributed by atoms with Gasteiger partial charge in [-0.15, -0.1) is 0 Å². The predicted molar refractivity (Wildman–Crippen MR) is 266 cm³/mol. The molecule has 16 heteroatoms. The normalized spacial score (nSPS) is 35.8. The number of aliphatic hydroxyl groups excluding tert-OH is 2. The lowest BCUT2D eigenvalue weighted by Gasteiger charge is -2.44. The molecule has 4 fully saturated rings. The van der Waals surface area contributed by atoms with E-state index in [1.165, 1.54) is 6.08 Å². The number of nitrogens with zero attached hydrogens (tertiary/aromatic N) is 2. The summed E-state index contributed by atoms with van der Waals surface area (Å²) in [6.07, 6.45) is 20.9. The average molecular weight is 1040 g/mol. The fourth-order valence-electron chi connectivity index (χ4n) is 10.5. The third-order valence-electron chi connectivity index (χ3n) is 14.2. The lowest BCUT2D eigenvalue weighted by atomic mass is 9.79. The maximum absolute atomic E-state index is 13.6. The molecule has 5 aliphatic heterocycles. The number of fused-ring (bicyclic) bond motifs is 9. The van der Waals surface area contributed by atoms with E-state index in [2.05, 4.69) is 22.5 Å². The monoisotopic (exact) mass is 1040 g/mol. The van der Waals surface area contributed by atoms with Gasteiger partial charge >= 0.3 is 5.97 Å². The molecule has 2 aromatic heterocycles. The number of rotatable bonds is 13. The highest BCUT2D eigenvalue weighted by molar-refractivity contribution is 9.11. The first-order valence-corrected chi connectivity index (χ1v) is 25.6.